The molecule has 0 radical (unpaired) electrons. The molecule has 2 aliphatic rings. The summed E-state index contributed by atoms with van der Waals surface area (Å²) in [7, 11) is 3.78. The van der Waals surface area contributed by atoms with E-state index in [1.807, 2.05) is 58.8 Å². The Kier molecular flexibility index (Phi) is 7.66. The zero-order valence-electron chi connectivity index (χ0n) is 20.2. The SMILES string of the molecule is CN(C)[C@@H]1c2cc3c(cc2OC(C)(C)[C@H]1O)OC(C)(C)C[C@@H]3c1cccc(C(F)(F)F)c1.Cl.O. The number of aliphatic hydroxyl groups is 1. The highest BCUT2D eigenvalue weighted by Crippen LogP contribution is 2.51. The van der Waals surface area contributed by atoms with Crippen molar-refractivity contribution in [1.82, 2.24) is 4.90 Å². The van der Waals surface area contributed by atoms with Crippen LogP contribution in [0.5, 0.6) is 11.5 Å². The molecule has 0 spiro atoms. The molecule has 2 aliphatic heterocycles. The number of ether oxygens (including phenoxy) is 2. The van der Waals surface area contributed by atoms with Crippen LogP contribution < -0.4 is 9.47 Å². The quantitative estimate of drug-likeness (QED) is 0.616. The monoisotopic (exact) mass is 503 g/mol. The van der Waals surface area contributed by atoms with Gasteiger partial charge in [0.2, 0.25) is 0 Å². The van der Waals surface area contributed by atoms with Crippen LogP contribution in [0.25, 0.3) is 0 Å². The van der Waals surface area contributed by atoms with Gasteiger partial charge in [-0.25, -0.2) is 0 Å². The fraction of sp³-hybridized carbons (Fsp3) is 0.520. The fourth-order valence-corrected chi connectivity index (χ4v) is 4.90. The summed E-state index contributed by atoms with van der Waals surface area (Å²) in [4.78, 5) is 1.94. The minimum Gasteiger partial charge on any atom is -0.487 e. The lowest BCUT2D eigenvalue weighted by atomic mass is 9.77. The molecule has 0 bridgehead atoms. The molecular weight excluding hydrogens is 471 g/mol. The maximum Gasteiger partial charge on any atom is 0.416 e. The third-order valence-corrected chi connectivity index (χ3v) is 6.48. The molecule has 9 heteroatoms. The molecule has 0 aliphatic carbocycles. The first-order chi connectivity index (χ1) is 14.7. The highest BCUT2D eigenvalue weighted by atomic mass is 35.5. The van der Waals surface area contributed by atoms with Crippen LogP contribution in [0.4, 0.5) is 13.2 Å². The molecule has 0 saturated heterocycles. The lowest BCUT2D eigenvalue weighted by Crippen LogP contribution is -2.52. The number of halogens is 4. The van der Waals surface area contributed by atoms with Crippen molar-refractivity contribution in [3.05, 3.63) is 58.7 Å². The summed E-state index contributed by atoms with van der Waals surface area (Å²) in [6.45, 7) is 7.56. The summed E-state index contributed by atoms with van der Waals surface area (Å²) in [5.74, 6) is 0.946. The van der Waals surface area contributed by atoms with Crippen LogP contribution in [0.2, 0.25) is 0 Å². The summed E-state index contributed by atoms with van der Waals surface area (Å²) in [6.07, 6.45) is -4.66. The van der Waals surface area contributed by atoms with Crippen LogP contribution in [0.15, 0.2) is 36.4 Å². The van der Waals surface area contributed by atoms with E-state index < -0.39 is 29.0 Å². The van der Waals surface area contributed by atoms with E-state index in [1.54, 1.807) is 6.07 Å². The second-order valence-electron chi connectivity index (χ2n) is 10.2. The van der Waals surface area contributed by atoms with Crippen molar-refractivity contribution < 1.29 is 33.2 Å². The third kappa shape index (κ3) is 5.00. The van der Waals surface area contributed by atoms with E-state index in [4.69, 9.17) is 9.47 Å². The molecule has 3 N–H and O–H groups in total. The average molecular weight is 504 g/mol. The Balaban J connectivity index is 0.00000204. The van der Waals surface area contributed by atoms with Crippen molar-refractivity contribution in [2.24, 2.45) is 0 Å². The van der Waals surface area contributed by atoms with E-state index in [-0.39, 0.29) is 29.8 Å². The molecule has 2 heterocycles. The summed E-state index contributed by atoms with van der Waals surface area (Å²) in [5, 5.41) is 11.0. The van der Waals surface area contributed by atoms with Gasteiger partial charge in [-0.3, -0.25) is 4.90 Å². The Morgan fingerprint density at radius 2 is 1.59 bits per heavy atom. The molecule has 34 heavy (non-hydrogen) atoms. The van der Waals surface area contributed by atoms with Crippen LogP contribution in [0, 0.1) is 0 Å². The lowest BCUT2D eigenvalue weighted by molar-refractivity contribution is -0.137. The summed E-state index contributed by atoms with van der Waals surface area (Å²) < 4.78 is 52.6. The number of aliphatic hydroxyl groups excluding tert-OH is 1. The van der Waals surface area contributed by atoms with Gasteiger partial charge in [-0.05, 0) is 65.9 Å². The smallest absolute Gasteiger partial charge is 0.416 e. The Morgan fingerprint density at radius 1 is 0.971 bits per heavy atom. The molecule has 190 valence electrons. The van der Waals surface area contributed by atoms with Crippen molar-refractivity contribution in [3.8, 4) is 11.5 Å². The molecule has 5 nitrogen and oxygen atoms in total. The number of hydrogen-bond donors (Lipinski definition) is 1. The van der Waals surface area contributed by atoms with E-state index in [1.165, 1.54) is 12.1 Å². The van der Waals surface area contributed by atoms with Gasteiger partial charge in [0.1, 0.15) is 28.8 Å². The summed E-state index contributed by atoms with van der Waals surface area (Å²) >= 11 is 0. The van der Waals surface area contributed by atoms with Crippen molar-refractivity contribution in [2.75, 3.05) is 14.1 Å². The number of fused-ring (bicyclic) bond motifs is 2. The van der Waals surface area contributed by atoms with Crippen molar-refractivity contribution in [2.45, 2.75) is 69.6 Å². The van der Waals surface area contributed by atoms with Crippen LogP contribution in [0.3, 0.4) is 0 Å². The average Bonchev–Trinajstić information content (AvgIpc) is 2.65. The topological polar surface area (TPSA) is 73.4 Å². The zero-order valence-corrected chi connectivity index (χ0v) is 21.0. The van der Waals surface area contributed by atoms with Gasteiger partial charge < -0.3 is 20.1 Å². The first kappa shape index (κ1) is 28.2. The molecule has 0 aromatic heterocycles. The number of likely N-dealkylation sites (N-methyl/N-ethyl adjacent to an activating group) is 1. The van der Waals surface area contributed by atoms with Gasteiger partial charge in [0.25, 0.3) is 0 Å². The Bertz CT molecular complexity index is 1040. The van der Waals surface area contributed by atoms with Gasteiger partial charge in [-0.1, -0.05) is 18.2 Å². The first-order valence-electron chi connectivity index (χ1n) is 10.8. The highest BCUT2D eigenvalue weighted by molar-refractivity contribution is 5.85. The molecule has 0 amide bonds. The maximum atomic E-state index is 13.4. The van der Waals surface area contributed by atoms with Crippen LogP contribution >= 0.6 is 12.4 Å². The Hall–Kier alpha value is -2.00. The number of hydrogen-bond acceptors (Lipinski definition) is 4. The molecule has 0 unspecified atom stereocenters. The lowest BCUT2D eigenvalue weighted by Gasteiger charge is -2.46. The largest absolute Gasteiger partial charge is 0.487 e. The van der Waals surface area contributed by atoms with Gasteiger partial charge in [0.05, 0.1) is 11.6 Å². The predicted octanol–water partition coefficient (Wildman–Crippen LogP) is 5.13. The fourth-order valence-electron chi connectivity index (χ4n) is 4.90. The standard InChI is InChI=1S/C25H30F3NO3.ClH.H2O/c1-23(2)13-18(14-8-7-9-15(10-14)25(26,27)28)16-11-17-20(12-19(16)31-23)32-24(3,4)22(30)21(17)29(5)6;;/h7-12,18,21-22,30H,13H2,1-6H3;1H;1H2/t18-,21-,22+;;/m1../s1. The van der Waals surface area contributed by atoms with Crippen molar-refractivity contribution >= 4 is 12.4 Å². The molecule has 2 aromatic rings. The number of alkyl halides is 3. The predicted molar refractivity (Wildman–Crippen MR) is 127 cm³/mol. The van der Waals surface area contributed by atoms with Gasteiger partial charge >= 0.3 is 6.18 Å². The van der Waals surface area contributed by atoms with Gasteiger partial charge in [-0.15, -0.1) is 12.4 Å². The number of nitrogens with zero attached hydrogens (tertiary/aromatic N) is 1. The van der Waals surface area contributed by atoms with E-state index >= 15 is 0 Å². The van der Waals surface area contributed by atoms with Crippen molar-refractivity contribution in [3.63, 3.8) is 0 Å². The third-order valence-electron chi connectivity index (χ3n) is 6.48. The van der Waals surface area contributed by atoms with Crippen LogP contribution in [-0.4, -0.2) is 46.9 Å². The van der Waals surface area contributed by atoms with Crippen LogP contribution in [0.1, 0.15) is 68.3 Å². The van der Waals surface area contributed by atoms with Gasteiger partial charge in [0.15, 0.2) is 0 Å². The second kappa shape index (κ2) is 9.22. The van der Waals surface area contributed by atoms with E-state index in [0.717, 1.165) is 17.2 Å². The summed E-state index contributed by atoms with van der Waals surface area (Å²) in [6, 6.07) is 8.96. The molecule has 0 fully saturated rings. The van der Waals surface area contributed by atoms with Gasteiger partial charge in [-0.2, -0.15) is 13.2 Å². The zero-order chi connectivity index (χ0) is 23.6. The second-order valence-corrected chi connectivity index (χ2v) is 10.2. The molecule has 3 atom stereocenters. The summed E-state index contributed by atoms with van der Waals surface area (Å²) in [5.41, 5.74) is 0.179. The Morgan fingerprint density at radius 3 is 2.18 bits per heavy atom. The first-order valence-corrected chi connectivity index (χ1v) is 10.8. The molecule has 4 rings (SSSR count). The van der Waals surface area contributed by atoms with Gasteiger partial charge in [0, 0.05) is 23.1 Å². The van der Waals surface area contributed by atoms with E-state index in [2.05, 4.69) is 0 Å². The van der Waals surface area contributed by atoms with Crippen LogP contribution in [-0.2, 0) is 6.18 Å². The van der Waals surface area contributed by atoms with E-state index in [0.29, 0.717) is 23.5 Å². The molecule has 2 aromatic carbocycles. The number of rotatable bonds is 2. The molecular formula is C25H33ClF3NO4. The normalized spacial score (nSPS) is 24.5. The van der Waals surface area contributed by atoms with Crippen molar-refractivity contribution in [1.29, 1.82) is 0 Å². The molecule has 0 saturated carbocycles. The van der Waals surface area contributed by atoms with E-state index in [9.17, 15) is 18.3 Å². The highest BCUT2D eigenvalue weighted by Gasteiger charge is 2.46. The minimum absolute atomic E-state index is 0. The Labute approximate surface area is 204 Å². The maximum absolute atomic E-state index is 13.4. The minimum atomic E-state index is -4.41. The number of benzene rings is 2.